The number of aliphatic imine (C=N–C) groups is 1. The van der Waals surface area contributed by atoms with Crippen LogP contribution in [0.15, 0.2) is 49.9 Å². The van der Waals surface area contributed by atoms with Crippen molar-refractivity contribution in [3.63, 3.8) is 0 Å². The number of ketones is 1. The number of rotatable bonds is 3. The molecule has 31 heavy (non-hydrogen) atoms. The maximum absolute atomic E-state index is 13.5. The van der Waals surface area contributed by atoms with Gasteiger partial charge in [-0.15, -0.1) is 0 Å². The number of fused-ring (bicyclic) bond motifs is 2. The second kappa shape index (κ2) is 7.59. The van der Waals surface area contributed by atoms with Crippen LogP contribution >= 0.6 is 0 Å². The zero-order valence-electron chi connectivity index (χ0n) is 18.6. The minimum Gasteiger partial charge on any atom is -0.464 e. The summed E-state index contributed by atoms with van der Waals surface area (Å²) in [7, 11) is 0. The van der Waals surface area contributed by atoms with Crippen LogP contribution in [-0.2, 0) is 14.3 Å². The van der Waals surface area contributed by atoms with Crippen LogP contribution < -0.4 is 5.43 Å². The highest BCUT2D eigenvalue weighted by Crippen LogP contribution is 2.46. The lowest BCUT2D eigenvalue weighted by Crippen LogP contribution is -2.45. The number of ether oxygens (including phenoxy) is 1. The van der Waals surface area contributed by atoms with Crippen LogP contribution in [0.1, 0.15) is 57.6 Å². The number of hydrogen-bond acceptors (Lipinski definition) is 6. The summed E-state index contributed by atoms with van der Waals surface area (Å²) in [6.07, 6.45) is 2.39. The Morgan fingerprint density at radius 1 is 1.19 bits per heavy atom. The Morgan fingerprint density at radius 2 is 1.94 bits per heavy atom. The SMILES string of the molecule is CCOC(=O)C1=C(C)N=C2CC(C)(C)CC(=O)[C@@H]2[C@H]1c1coc2ccc(C)cc2c1=O. The van der Waals surface area contributed by atoms with E-state index in [4.69, 9.17) is 9.15 Å². The normalized spacial score (nSPS) is 22.9. The van der Waals surface area contributed by atoms with Gasteiger partial charge in [0.1, 0.15) is 11.4 Å². The third-order valence-electron chi connectivity index (χ3n) is 6.15. The Hall–Kier alpha value is -3.02. The van der Waals surface area contributed by atoms with Crippen LogP contribution in [0.4, 0.5) is 0 Å². The molecular weight excluding hydrogens is 394 g/mol. The van der Waals surface area contributed by atoms with Crippen molar-refractivity contribution in [2.75, 3.05) is 6.61 Å². The molecule has 0 spiro atoms. The average molecular weight is 421 g/mol. The number of Topliss-reactive ketones (excluding diaryl/α,β-unsaturated/α-hetero) is 1. The summed E-state index contributed by atoms with van der Waals surface area (Å²) in [6, 6.07) is 5.40. The van der Waals surface area contributed by atoms with E-state index in [0.717, 1.165) is 11.3 Å². The lowest BCUT2D eigenvalue weighted by molar-refractivity contribution is -0.139. The number of carbonyl (C=O) groups excluding carboxylic acids is 2. The Morgan fingerprint density at radius 3 is 2.65 bits per heavy atom. The first-order valence-corrected chi connectivity index (χ1v) is 10.6. The van der Waals surface area contributed by atoms with Gasteiger partial charge in [-0.25, -0.2) is 4.79 Å². The van der Waals surface area contributed by atoms with Gasteiger partial charge in [0.2, 0.25) is 0 Å². The van der Waals surface area contributed by atoms with Gasteiger partial charge in [-0.3, -0.25) is 14.6 Å². The highest BCUT2D eigenvalue weighted by Gasteiger charge is 2.48. The highest BCUT2D eigenvalue weighted by atomic mass is 16.5. The number of esters is 1. The molecule has 2 aliphatic rings. The lowest BCUT2D eigenvalue weighted by Gasteiger charge is -2.40. The summed E-state index contributed by atoms with van der Waals surface area (Å²) in [6.45, 7) is 9.62. The van der Waals surface area contributed by atoms with Gasteiger partial charge in [0.25, 0.3) is 0 Å². The highest BCUT2D eigenvalue weighted by molar-refractivity contribution is 6.12. The number of nitrogens with zero attached hydrogens (tertiary/aromatic N) is 1. The molecule has 1 saturated carbocycles. The van der Waals surface area contributed by atoms with Crippen molar-refractivity contribution in [3.05, 3.63) is 57.1 Å². The molecule has 0 amide bonds. The standard InChI is InChI=1S/C25H27NO5/c1-6-30-24(29)20-14(3)26-17-10-25(4,5)11-18(27)22(17)21(20)16-12-31-19-8-7-13(2)9-15(19)23(16)28/h7-9,12,21-22H,6,10-11H2,1-5H3/t21-,22+/m0/s1. The maximum atomic E-state index is 13.5. The number of hydrogen-bond donors (Lipinski definition) is 0. The predicted molar refractivity (Wildman–Crippen MR) is 118 cm³/mol. The fourth-order valence-corrected chi connectivity index (χ4v) is 4.88. The third kappa shape index (κ3) is 3.64. The Bertz CT molecular complexity index is 1210. The van der Waals surface area contributed by atoms with Gasteiger partial charge >= 0.3 is 5.97 Å². The fourth-order valence-electron chi connectivity index (χ4n) is 4.88. The minimum absolute atomic E-state index is 0.0157. The number of aryl methyl sites for hydroxylation is 1. The van der Waals surface area contributed by atoms with Crippen LogP contribution in [0.2, 0.25) is 0 Å². The van der Waals surface area contributed by atoms with Crippen molar-refractivity contribution < 1.29 is 18.7 Å². The van der Waals surface area contributed by atoms with Crippen LogP contribution in [0.25, 0.3) is 11.0 Å². The molecule has 0 unspecified atom stereocenters. The van der Waals surface area contributed by atoms with Gasteiger partial charge < -0.3 is 9.15 Å². The Kier molecular flexibility index (Phi) is 5.20. The average Bonchev–Trinajstić information content (AvgIpc) is 2.67. The van der Waals surface area contributed by atoms with Crippen molar-refractivity contribution in [1.29, 1.82) is 0 Å². The van der Waals surface area contributed by atoms with Gasteiger partial charge in [0.15, 0.2) is 5.43 Å². The van der Waals surface area contributed by atoms with E-state index in [0.29, 0.717) is 35.1 Å². The van der Waals surface area contributed by atoms with Crippen molar-refractivity contribution in [2.24, 2.45) is 16.3 Å². The number of benzene rings is 1. The molecule has 162 valence electrons. The quantitative estimate of drug-likeness (QED) is 0.682. The van der Waals surface area contributed by atoms with E-state index in [1.807, 2.05) is 26.8 Å². The number of carbonyl (C=O) groups is 2. The van der Waals surface area contributed by atoms with Gasteiger partial charge in [0, 0.05) is 29.3 Å². The summed E-state index contributed by atoms with van der Waals surface area (Å²) in [5, 5.41) is 0.436. The van der Waals surface area contributed by atoms with Crippen LogP contribution in [0.5, 0.6) is 0 Å². The molecule has 6 nitrogen and oxygen atoms in total. The smallest absolute Gasteiger partial charge is 0.336 e. The van der Waals surface area contributed by atoms with Crippen molar-refractivity contribution >= 4 is 28.4 Å². The van der Waals surface area contributed by atoms with Gasteiger partial charge in [-0.1, -0.05) is 25.5 Å². The van der Waals surface area contributed by atoms with Crippen molar-refractivity contribution in [3.8, 4) is 0 Å². The van der Waals surface area contributed by atoms with E-state index in [9.17, 15) is 14.4 Å². The van der Waals surface area contributed by atoms with Crippen molar-refractivity contribution in [1.82, 2.24) is 0 Å². The largest absolute Gasteiger partial charge is 0.464 e. The summed E-state index contributed by atoms with van der Waals surface area (Å²) in [5.41, 5.74) is 2.72. The number of allylic oxidation sites excluding steroid dienone is 1. The van der Waals surface area contributed by atoms with E-state index in [2.05, 4.69) is 4.99 Å². The first-order valence-electron chi connectivity index (χ1n) is 10.6. The third-order valence-corrected chi connectivity index (χ3v) is 6.15. The zero-order valence-corrected chi connectivity index (χ0v) is 18.6. The van der Waals surface area contributed by atoms with Crippen LogP contribution in [-0.4, -0.2) is 24.1 Å². The summed E-state index contributed by atoms with van der Waals surface area (Å²) in [5.74, 6) is -2.00. The van der Waals surface area contributed by atoms with Gasteiger partial charge in [-0.05, 0) is 44.7 Å². The van der Waals surface area contributed by atoms with E-state index >= 15 is 0 Å². The van der Waals surface area contributed by atoms with Crippen LogP contribution in [0, 0.1) is 18.3 Å². The molecular formula is C25H27NO5. The van der Waals surface area contributed by atoms with E-state index in [-0.39, 0.29) is 28.8 Å². The van der Waals surface area contributed by atoms with Crippen LogP contribution in [0.3, 0.4) is 0 Å². The molecule has 4 rings (SSSR count). The molecule has 1 fully saturated rings. The maximum Gasteiger partial charge on any atom is 0.336 e. The molecule has 2 aromatic rings. The first-order chi connectivity index (χ1) is 14.6. The Balaban J connectivity index is 1.97. The first kappa shape index (κ1) is 21.2. The second-order valence-electron chi connectivity index (χ2n) is 9.28. The molecule has 1 aliphatic heterocycles. The van der Waals surface area contributed by atoms with E-state index in [1.54, 1.807) is 26.0 Å². The molecule has 2 heterocycles. The summed E-state index contributed by atoms with van der Waals surface area (Å²) in [4.78, 5) is 44.4. The van der Waals surface area contributed by atoms with E-state index in [1.165, 1.54) is 6.26 Å². The molecule has 0 bridgehead atoms. The summed E-state index contributed by atoms with van der Waals surface area (Å²) >= 11 is 0. The molecule has 1 aromatic heterocycles. The monoisotopic (exact) mass is 421 g/mol. The Labute approximate surface area is 181 Å². The molecule has 6 heteroatoms. The molecule has 0 radical (unpaired) electrons. The molecule has 0 saturated heterocycles. The van der Waals surface area contributed by atoms with Crippen molar-refractivity contribution in [2.45, 2.75) is 53.4 Å². The minimum atomic E-state index is -0.767. The second-order valence-corrected chi connectivity index (χ2v) is 9.28. The van der Waals surface area contributed by atoms with E-state index < -0.39 is 17.8 Å². The fraction of sp³-hybridized carbons (Fsp3) is 0.440. The molecule has 2 atom stereocenters. The van der Waals surface area contributed by atoms with Gasteiger partial charge in [-0.2, -0.15) is 0 Å². The summed E-state index contributed by atoms with van der Waals surface area (Å²) < 4.78 is 11.1. The molecule has 1 aromatic carbocycles. The van der Waals surface area contributed by atoms with Gasteiger partial charge in [0.05, 0.1) is 29.7 Å². The lowest BCUT2D eigenvalue weighted by atomic mass is 9.63. The molecule has 1 aliphatic carbocycles. The zero-order chi connectivity index (χ0) is 22.5. The predicted octanol–water partition coefficient (Wildman–Crippen LogP) is 4.48. The topological polar surface area (TPSA) is 85.9 Å². The molecule has 0 N–H and O–H groups in total.